The number of carbonyl (C=O) groups is 1. The van der Waals surface area contributed by atoms with Crippen LogP contribution in [-0.2, 0) is 19.1 Å². The van der Waals surface area contributed by atoms with Crippen LogP contribution in [0.25, 0.3) is 0 Å². The normalized spacial score (nSPS) is 44.1. The summed E-state index contributed by atoms with van der Waals surface area (Å²) in [6, 6.07) is 0. The number of amides is 1. The van der Waals surface area contributed by atoms with Gasteiger partial charge in [0.05, 0.1) is 25.1 Å². The van der Waals surface area contributed by atoms with Gasteiger partial charge in [-0.1, -0.05) is 20.8 Å². The van der Waals surface area contributed by atoms with Crippen LogP contribution in [0, 0.1) is 46.3 Å². The largest absolute Gasteiger partial charge is 0.393 e. The molecule has 35 heavy (non-hydrogen) atoms. The van der Waals surface area contributed by atoms with Crippen LogP contribution in [0.3, 0.4) is 0 Å². The molecule has 10 atom stereocenters. The Labute approximate surface area is 211 Å². The van der Waals surface area contributed by atoms with Crippen LogP contribution in [0.2, 0.25) is 0 Å². The van der Waals surface area contributed by atoms with E-state index < -0.39 is 10.1 Å². The van der Waals surface area contributed by atoms with Crippen molar-refractivity contribution in [3.05, 3.63) is 0 Å². The van der Waals surface area contributed by atoms with Gasteiger partial charge in [-0.3, -0.25) is 8.98 Å². The molecule has 0 unspecified atom stereocenters. The summed E-state index contributed by atoms with van der Waals surface area (Å²) in [5.74, 6) is 2.49. The highest BCUT2D eigenvalue weighted by Gasteiger charge is 2.62. The van der Waals surface area contributed by atoms with Crippen LogP contribution < -0.4 is 5.32 Å². The molecule has 4 saturated carbocycles. The quantitative estimate of drug-likeness (QED) is 0.428. The van der Waals surface area contributed by atoms with Gasteiger partial charge in [0.2, 0.25) is 5.91 Å². The maximum atomic E-state index is 12.3. The molecule has 1 amide bonds. The fourth-order valence-electron chi connectivity index (χ4n) is 9.22. The van der Waals surface area contributed by atoms with Crippen LogP contribution in [-0.4, -0.2) is 56.2 Å². The Morgan fingerprint density at radius 1 is 1.06 bits per heavy atom. The van der Waals surface area contributed by atoms with E-state index in [1.54, 1.807) is 0 Å². The summed E-state index contributed by atoms with van der Waals surface area (Å²) in [6.07, 6.45) is 9.05. The van der Waals surface area contributed by atoms with Crippen LogP contribution in [0.5, 0.6) is 0 Å². The molecule has 0 aromatic rings. The molecular formula is C27H47NO6S. The molecule has 0 heterocycles. The first-order valence-corrected chi connectivity index (χ1v) is 15.4. The number of aliphatic hydroxyl groups is 2. The molecule has 0 aromatic carbocycles. The summed E-state index contributed by atoms with van der Waals surface area (Å²) in [4.78, 5) is 12.3. The minimum atomic E-state index is -3.56. The second-order valence-corrected chi connectivity index (χ2v) is 14.6. The summed E-state index contributed by atoms with van der Waals surface area (Å²) in [5.41, 5.74) is 0.435. The van der Waals surface area contributed by atoms with E-state index in [1.807, 2.05) is 0 Å². The van der Waals surface area contributed by atoms with Gasteiger partial charge in [0, 0.05) is 13.0 Å². The lowest BCUT2D eigenvalue weighted by Gasteiger charge is -2.62. The van der Waals surface area contributed by atoms with Crippen molar-refractivity contribution in [2.75, 3.05) is 19.4 Å². The van der Waals surface area contributed by atoms with Gasteiger partial charge in [0.15, 0.2) is 0 Å². The molecule has 4 aliphatic carbocycles. The third kappa shape index (κ3) is 5.19. The average molecular weight is 514 g/mol. The van der Waals surface area contributed by atoms with Crippen molar-refractivity contribution in [2.45, 2.75) is 97.2 Å². The van der Waals surface area contributed by atoms with E-state index in [9.17, 15) is 23.4 Å². The van der Waals surface area contributed by atoms with Crippen LogP contribution in [0.4, 0.5) is 0 Å². The molecule has 202 valence electrons. The Hall–Kier alpha value is -0.700. The van der Waals surface area contributed by atoms with Gasteiger partial charge in [-0.25, -0.2) is 0 Å². The number of rotatable bonds is 8. The van der Waals surface area contributed by atoms with Gasteiger partial charge in [0.25, 0.3) is 10.1 Å². The molecule has 7 nitrogen and oxygen atoms in total. The Morgan fingerprint density at radius 3 is 2.46 bits per heavy atom. The van der Waals surface area contributed by atoms with Gasteiger partial charge in [-0.05, 0) is 104 Å². The minimum Gasteiger partial charge on any atom is -0.393 e. The smallest absolute Gasteiger partial charge is 0.268 e. The SMILES string of the molecule is COS(=O)(=O)CCNC(=O)CC[C@@H](C)[C@H]1CC[C@H]2[C@@H]3[C@@H](O)C[C@@H]4C[C@H](O)CC[C@]4(C)[C@H]3CC[C@]12C. The summed E-state index contributed by atoms with van der Waals surface area (Å²) < 4.78 is 27.3. The van der Waals surface area contributed by atoms with Crippen molar-refractivity contribution in [2.24, 2.45) is 46.3 Å². The highest BCUT2D eigenvalue weighted by molar-refractivity contribution is 7.86. The first-order chi connectivity index (χ1) is 16.4. The molecule has 0 spiro atoms. The van der Waals surface area contributed by atoms with Crippen molar-refractivity contribution in [1.29, 1.82) is 0 Å². The lowest BCUT2D eigenvalue weighted by Crippen LogP contribution is -2.58. The van der Waals surface area contributed by atoms with E-state index in [0.29, 0.717) is 41.9 Å². The third-order valence-electron chi connectivity index (χ3n) is 11.2. The van der Waals surface area contributed by atoms with Gasteiger partial charge in [-0.15, -0.1) is 0 Å². The number of hydrogen-bond donors (Lipinski definition) is 3. The Balaban J connectivity index is 1.37. The third-order valence-corrected chi connectivity index (χ3v) is 12.4. The molecule has 0 saturated heterocycles. The Kier molecular flexibility index (Phi) is 7.98. The van der Waals surface area contributed by atoms with E-state index in [4.69, 9.17) is 0 Å². The van der Waals surface area contributed by atoms with Crippen molar-refractivity contribution < 1.29 is 27.6 Å². The molecule has 4 rings (SSSR count). The molecule has 0 aromatic heterocycles. The zero-order valence-electron chi connectivity index (χ0n) is 22.0. The van der Waals surface area contributed by atoms with Gasteiger partial charge < -0.3 is 15.5 Å². The molecule has 8 heteroatoms. The first kappa shape index (κ1) is 27.3. The van der Waals surface area contributed by atoms with Crippen molar-refractivity contribution in [3.8, 4) is 0 Å². The van der Waals surface area contributed by atoms with Crippen LogP contribution in [0.1, 0.15) is 85.0 Å². The topological polar surface area (TPSA) is 113 Å². The molecule has 0 radical (unpaired) electrons. The molecular weight excluding hydrogens is 466 g/mol. The maximum Gasteiger partial charge on any atom is 0.268 e. The highest BCUT2D eigenvalue weighted by atomic mass is 32.2. The van der Waals surface area contributed by atoms with Gasteiger partial charge in [0.1, 0.15) is 0 Å². The minimum absolute atomic E-state index is 0.0738. The van der Waals surface area contributed by atoms with Crippen molar-refractivity contribution in [3.63, 3.8) is 0 Å². The number of fused-ring (bicyclic) bond motifs is 5. The first-order valence-electron chi connectivity index (χ1n) is 13.8. The summed E-state index contributed by atoms with van der Waals surface area (Å²) in [5, 5.41) is 24.4. The number of carbonyl (C=O) groups excluding carboxylic acids is 1. The fraction of sp³-hybridized carbons (Fsp3) is 0.963. The molecule has 0 bridgehead atoms. The predicted octanol–water partition coefficient (Wildman–Crippen LogP) is 3.49. The van der Waals surface area contributed by atoms with Gasteiger partial charge in [-0.2, -0.15) is 8.42 Å². The zero-order valence-corrected chi connectivity index (χ0v) is 22.9. The van der Waals surface area contributed by atoms with E-state index in [1.165, 1.54) is 6.42 Å². The maximum absolute atomic E-state index is 12.3. The lowest BCUT2D eigenvalue weighted by atomic mass is 9.43. The second kappa shape index (κ2) is 10.2. The monoisotopic (exact) mass is 513 g/mol. The summed E-state index contributed by atoms with van der Waals surface area (Å²) in [6.45, 7) is 7.24. The summed E-state index contributed by atoms with van der Waals surface area (Å²) in [7, 11) is -2.43. The summed E-state index contributed by atoms with van der Waals surface area (Å²) >= 11 is 0. The fourth-order valence-corrected chi connectivity index (χ4v) is 9.74. The highest BCUT2D eigenvalue weighted by Crippen LogP contribution is 2.68. The van der Waals surface area contributed by atoms with Crippen LogP contribution in [0.15, 0.2) is 0 Å². The average Bonchev–Trinajstić information content (AvgIpc) is 3.16. The Morgan fingerprint density at radius 2 is 1.74 bits per heavy atom. The van der Waals surface area contributed by atoms with Gasteiger partial charge >= 0.3 is 0 Å². The Bertz CT molecular complexity index is 879. The molecule has 4 fully saturated rings. The van der Waals surface area contributed by atoms with Crippen molar-refractivity contribution in [1.82, 2.24) is 5.32 Å². The predicted molar refractivity (Wildman–Crippen MR) is 135 cm³/mol. The standard InChI is InChI=1S/C27H47NO6S/c1-17(5-8-24(31)28-13-14-35(32,33)34-4)20-6-7-21-25-22(10-12-27(20,21)3)26(2)11-9-19(29)15-18(26)16-23(25)30/h17-23,25,29-30H,5-16H2,1-4H3,(H,28,31)/t17-,18+,19-,20-,21+,22+,23+,25+,26+,27-/m1/s1. The lowest BCUT2D eigenvalue weighted by molar-refractivity contribution is -0.174. The van der Waals surface area contributed by atoms with Crippen LogP contribution >= 0.6 is 0 Å². The molecule has 4 aliphatic rings. The van der Waals surface area contributed by atoms with E-state index in [-0.39, 0.29) is 41.2 Å². The van der Waals surface area contributed by atoms with Crippen molar-refractivity contribution >= 4 is 16.0 Å². The number of hydrogen-bond acceptors (Lipinski definition) is 6. The van der Waals surface area contributed by atoms with E-state index >= 15 is 0 Å². The zero-order chi connectivity index (χ0) is 25.6. The number of nitrogens with one attached hydrogen (secondary N) is 1. The van der Waals surface area contributed by atoms with E-state index in [0.717, 1.165) is 58.5 Å². The molecule has 0 aliphatic heterocycles. The molecule has 3 N–H and O–H groups in total. The second-order valence-electron chi connectivity index (χ2n) is 12.7. The van der Waals surface area contributed by atoms with E-state index in [2.05, 4.69) is 30.3 Å². The number of aliphatic hydroxyl groups excluding tert-OH is 2.